The van der Waals surface area contributed by atoms with Gasteiger partial charge in [0, 0.05) is 6.61 Å². The molecule has 11 heavy (non-hydrogen) atoms. The lowest BCUT2D eigenvalue weighted by molar-refractivity contribution is 0.176. The summed E-state index contributed by atoms with van der Waals surface area (Å²) in [6, 6.07) is 0. The van der Waals surface area contributed by atoms with Gasteiger partial charge in [-0.25, -0.2) is 0 Å². The van der Waals surface area contributed by atoms with Gasteiger partial charge < -0.3 is 10.1 Å². The highest BCUT2D eigenvalue weighted by Crippen LogP contribution is 2.08. The summed E-state index contributed by atoms with van der Waals surface area (Å²) in [7, 11) is 0. The van der Waals surface area contributed by atoms with Crippen LogP contribution in [0.4, 0.5) is 0 Å². The highest BCUT2D eigenvalue weighted by Gasteiger charge is 2.02. The lowest BCUT2D eigenvalue weighted by Gasteiger charge is -2.14. The summed E-state index contributed by atoms with van der Waals surface area (Å²) in [5.74, 6) is 0. The molecule has 1 rings (SSSR count). The Balaban J connectivity index is 2.15. The Morgan fingerprint density at radius 3 is 2.82 bits per heavy atom. The second kappa shape index (κ2) is 5.33. The van der Waals surface area contributed by atoms with Gasteiger partial charge in [-0.1, -0.05) is 11.6 Å². The van der Waals surface area contributed by atoms with Gasteiger partial charge in [0.25, 0.3) is 0 Å². The summed E-state index contributed by atoms with van der Waals surface area (Å²) in [6.07, 6.45) is 4.63. The van der Waals surface area contributed by atoms with Crippen LogP contribution in [0, 0.1) is 0 Å². The topological polar surface area (TPSA) is 21.3 Å². The zero-order chi connectivity index (χ0) is 7.94. The molecule has 1 aliphatic heterocycles. The quantitative estimate of drug-likeness (QED) is 0.490. The van der Waals surface area contributed by atoms with Crippen LogP contribution in [0.1, 0.15) is 19.8 Å². The zero-order valence-corrected chi connectivity index (χ0v) is 7.23. The normalized spacial score (nSPS) is 18.5. The van der Waals surface area contributed by atoms with Gasteiger partial charge in [0.15, 0.2) is 0 Å². The minimum Gasteiger partial charge on any atom is -0.378 e. The van der Waals surface area contributed by atoms with Crippen molar-refractivity contribution in [3.8, 4) is 0 Å². The number of nitrogens with one attached hydrogen (secondary N) is 1. The van der Waals surface area contributed by atoms with Gasteiger partial charge in [-0.05, 0) is 32.9 Å². The lowest BCUT2D eigenvalue weighted by atomic mass is 10.1. The van der Waals surface area contributed by atoms with E-state index in [9.17, 15) is 0 Å². The third kappa shape index (κ3) is 3.54. The van der Waals surface area contributed by atoms with Crippen LogP contribution in [0.3, 0.4) is 0 Å². The fraction of sp³-hybridized carbons (Fsp3) is 0.778. The molecule has 0 bridgehead atoms. The molecule has 0 aromatic rings. The van der Waals surface area contributed by atoms with E-state index in [0.29, 0.717) is 0 Å². The largest absolute Gasteiger partial charge is 0.378 e. The van der Waals surface area contributed by atoms with Crippen molar-refractivity contribution < 1.29 is 4.74 Å². The smallest absolute Gasteiger partial charge is 0.0649 e. The van der Waals surface area contributed by atoms with Crippen LogP contribution in [0.15, 0.2) is 11.6 Å². The number of ether oxygens (including phenoxy) is 1. The van der Waals surface area contributed by atoms with Crippen LogP contribution in [0.25, 0.3) is 0 Å². The number of rotatable bonds is 3. The minimum atomic E-state index is 0.797. The predicted octanol–water partition coefficient (Wildman–Crippen LogP) is 1.33. The minimum absolute atomic E-state index is 0.797. The summed E-state index contributed by atoms with van der Waals surface area (Å²) >= 11 is 0. The van der Waals surface area contributed by atoms with Crippen LogP contribution in [-0.4, -0.2) is 26.3 Å². The van der Waals surface area contributed by atoms with Gasteiger partial charge in [-0.2, -0.15) is 0 Å². The van der Waals surface area contributed by atoms with Gasteiger partial charge in [0.2, 0.25) is 0 Å². The molecule has 0 amide bonds. The van der Waals surface area contributed by atoms with Crippen molar-refractivity contribution in [2.24, 2.45) is 0 Å². The molecule has 2 heteroatoms. The van der Waals surface area contributed by atoms with Gasteiger partial charge in [0.05, 0.1) is 6.61 Å². The van der Waals surface area contributed by atoms with E-state index in [1.165, 1.54) is 12.8 Å². The fourth-order valence-electron chi connectivity index (χ4n) is 1.25. The van der Waals surface area contributed by atoms with Crippen molar-refractivity contribution in [2.45, 2.75) is 19.8 Å². The molecule has 0 spiro atoms. The number of hydrogen-bond donors (Lipinski definition) is 1. The van der Waals surface area contributed by atoms with E-state index in [-0.39, 0.29) is 0 Å². The highest BCUT2D eigenvalue weighted by molar-refractivity contribution is 5.05. The van der Waals surface area contributed by atoms with Crippen molar-refractivity contribution in [3.05, 3.63) is 11.6 Å². The summed E-state index contributed by atoms with van der Waals surface area (Å²) in [4.78, 5) is 0. The predicted molar refractivity (Wildman–Crippen MR) is 46.7 cm³/mol. The Labute approximate surface area is 68.6 Å². The van der Waals surface area contributed by atoms with Crippen LogP contribution in [-0.2, 0) is 4.74 Å². The average molecular weight is 155 g/mol. The van der Waals surface area contributed by atoms with E-state index in [2.05, 4.69) is 11.4 Å². The standard InChI is InChI=1S/C9H17NO/c1-2-11-8-5-9-3-6-10-7-4-9/h5,10H,2-4,6-8H2,1H3. The third-order valence-electron chi connectivity index (χ3n) is 1.94. The van der Waals surface area contributed by atoms with Crippen LogP contribution >= 0.6 is 0 Å². The summed E-state index contributed by atoms with van der Waals surface area (Å²) in [6.45, 7) is 5.92. The van der Waals surface area contributed by atoms with E-state index in [0.717, 1.165) is 26.3 Å². The first-order chi connectivity index (χ1) is 5.43. The summed E-state index contributed by atoms with van der Waals surface area (Å²) in [5, 5.41) is 3.32. The zero-order valence-electron chi connectivity index (χ0n) is 7.23. The van der Waals surface area contributed by atoms with Crippen molar-refractivity contribution in [2.75, 3.05) is 26.3 Å². The molecule has 1 fully saturated rings. The first-order valence-electron chi connectivity index (χ1n) is 4.40. The van der Waals surface area contributed by atoms with Crippen LogP contribution in [0.5, 0.6) is 0 Å². The molecule has 0 aromatic heterocycles. The molecule has 0 atom stereocenters. The molecular formula is C9H17NO. The van der Waals surface area contributed by atoms with Crippen molar-refractivity contribution in [1.29, 1.82) is 0 Å². The van der Waals surface area contributed by atoms with Crippen LogP contribution in [0.2, 0.25) is 0 Å². The lowest BCUT2D eigenvalue weighted by Crippen LogP contribution is -2.23. The molecule has 0 aromatic carbocycles. The van der Waals surface area contributed by atoms with Crippen LogP contribution < -0.4 is 5.32 Å². The molecule has 1 aliphatic rings. The molecule has 2 nitrogen and oxygen atoms in total. The first kappa shape index (κ1) is 8.75. The fourth-order valence-corrected chi connectivity index (χ4v) is 1.25. The van der Waals surface area contributed by atoms with E-state index in [1.54, 1.807) is 5.57 Å². The molecular weight excluding hydrogens is 138 g/mol. The van der Waals surface area contributed by atoms with E-state index in [1.807, 2.05) is 6.92 Å². The molecule has 64 valence electrons. The Kier molecular flexibility index (Phi) is 4.24. The summed E-state index contributed by atoms with van der Waals surface area (Å²) in [5.41, 5.74) is 1.55. The van der Waals surface area contributed by atoms with E-state index < -0.39 is 0 Å². The Morgan fingerprint density at radius 2 is 2.18 bits per heavy atom. The molecule has 1 saturated heterocycles. The van der Waals surface area contributed by atoms with Crippen molar-refractivity contribution >= 4 is 0 Å². The maximum Gasteiger partial charge on any atom is 0.0649 e. The van der Waals surface area contributed by atoms with Gasteiger partial charge in [-0.3, -0.25) is 0 Å². The summed E-state index contributed by atoms with van der Waals surface area (Å²) < 4.78 is 5.24. The monoisotopic (exact) mass is 155 g/mol. The maximum absolute atomic E-state index is 5.24. The molecule has 1 N–H and O–H groups in total. The van der Waals surface area contributed by atoms with Crippen molar-refractivity contribution in [3.63, 3.8) is 0 Å². The molecule has 1 heterocycles. The Bertz CT molecular complexity index is 124. The first-order valence-corrected chi connectivity index (χ1v) is 4.40. The number of hydrogen-bond acceptors (Lipinski definition) is 2. The molecule has 0 saturated carbocycles. The molecule has 0 radical (unpaired) electrons. The maximum atomic E-state index is 5.24. The number of piperidine rings is 1. The highest BCUT2D eigenvalue weighted by atomic mass is 16.5. The Morgan fingerprint density at radius 1 is 1.45 bits per heavy atom. The third-order valence-corrected chi connectivity index (χ3v) is 1.94. The van der Waals surface area contributed by atoms with E-state index >= 15 is 0 Å². The van der Waals surface area contributed by atoms with Gasteiger partial charge in [0.1, 0.15) is 0 Å². The van der Waals surface area contributed by atoms with Gasteiger partial charge >= 0.3 is 0 Å². The molecule has 0 unspecified atom stereocenters. The second-order valence-electron chi connectivity index (χ2n) is 2.77. The average Bonchev–Trinajstić information content (AvgIpc) is 2.07. The van der Waals surface area contributed by atoms with Crippen molar-refractivity contribution in [1.82, 2.24) is 5.32 Å². The van der Waals surface area contributed by atoms with E-state index in [4.69, 9.17) is 4.74 Å². The SMILES string of the molecule is CCOCC=C1CCNCC1. The molecule has 0 aliphatic carbocycles. The second-order valence-corrected chi connectivity index (χ2v) is 2.77. The Hall–Kier alpha value is -0.340. The van der Waals surface area contributed by atoms with Gasteiger partial charge in [-0.15, -0.1) is 0 Å².